The van der Waals surface area contributed by atoms with Crippen LogP contribution < -0.4 is 10.2 Å². The van der Waals surface area contributed by atoms with E-state index < -0.39 is 17.7 Å². The number of aromatic nitrogens is 2. The number of ether oxygens (including phenoxy) is 1. The summed E-state index contributed by atoms with van der Waals surface area (Å²) in [4.78, 5) is 35.1. The molecule has 0 spiro atoms. The fourth-order valence-corrected chi connectivity index (χ4v) is 3.57. The molecule has 1 aromatic heterocycles. The van der Waals surface area contributed by atoms with Gasteiger partial charge in [-0.15, -0.1) is 0 Å². The molecule has 0 saturated carbocycles. The van der Waals surface area contributed by atoms with Crippen molar-refractivity contribution in [1.29, 1.82) is 0 Å². The van der Waals surface area contributed by atoms with E-state index in [4.69, 9.17) is 4.74 Å². The summed E-state index contributed by atoms with van der Waals surface area (Å²) in [6, 6.07) is 6.88. The number of amides is 2. The Kier molecular flexibility index (Phi) is 5.96. The number of carbonyl (C=O) groups is 2. The second-order valence-corrected chi connectivity index (χ2v) is 8.47. The molecule has 0 bridgehead atoms. The lowest BCUT2D eigenvalue weighted by molar-refractivity contribution is -0.120. The first-order chi connectivity index (χ1) is 13.7. The highest BCUT2D eigenvalue weighted by Gasteiger charge is 2.38. The highest BCUT2D eigenvalue weighted by atomic mass is 16.6. The first-order valence-electron chi connectivity index (χ1n) is 10.1. The summed E-state index contributed by atoms with van der Waals surface area (Å²) in [6.07, 6.45) is 3.85. The van der Waals surface area contributed by atoms with Gasteiger partial charge >= 0.3 is 6.09 Å². The number of nitrogens with zero attached hydrogens (tertiary/aromatic N) is 2. The third-order valence-corrected chi connectivity index (χ3v) is 4.80. The predicted octanol–water partition coefficient (Wildman–Crippen LogP) is 3.91. The van der Waals surface area contributed by atoms with Gasteiger partial charge in [-0.3, -0.25) is 9.69 Å². The molecule has 2 N–H and O–H groups in total. The Balaban J connectivity index is 1.83. The van der Waals surface area contributed by atoms with E-state index in [-0.39, 0.29) is 11.9 Å². The number of hydrogen-bond donors (Lipinski definition) is 2. The minimum absolute atomic E-state index is 0.195. The Bertz CT molecular complexity index is 884. The van der Waals surface area contributed by atoms with Crippen LogP contribution >= 0.6 is 0 Å². The lowest BCUT2D eigenvalue weighted by Gasteiger charge is -2.28. The molecule has 156 valence electrons. The van der Waals surface area contributed by atoms with Crippen LogP contribution in [0.2, 0.25) is 0 Å². The molecule has 0 aliphatic carbocycles. The number of anilines is 1. The maximum atomic E-state index is 13.3. The number of rotatable bonds is 5. The summed E-state index contributed by atoms with van der Waals surface area (Å²) in [5.41, 5.74) is 2.38. The third kappa shape index (κ3) is 4.78. The summed E-state index contributed by atoms with van der Waals surface area (Å²) >= 11 is 0. The number of para-hydroxylation sites is 1. The number of alkyl carbamates (subject to hydrolysis) is 1. The lowest BCUT2D eigenvalue weighted by atomic mass is 10.1. The number of H-pyrrole nitrogens is 1. The number of carbonyl (C=O) groups excluding carboxylic acids is 2. The summed E-state index contributed by atoms with van der Waals surface area (Å²) in [7, 11) is 0. The minimum Gasteiger partial charge on any atom is -0.444 e. The molecule has 0 saturated heterocycles. The van der Waals surface area contributed by atoms with E-state index in [1.165, 1.54) is 0 Å². The Hall–Kier alpha value is -2.83. The SMILES string of the molecule is CCCc1cnc([C@@H]2Cc3ccccc3N2C(=O)[C@H](C)NC(=O)OC(C)(C)C)[nH]1. The molecule has 1 aliphatic rings. The number of benzene rings is 1. The van der Waals surface area contributed by atoms with Crippen molar-refractivity contribution in [2.24, 2.45) is 0 Å². The molecule has 0 unspecified atom stereocenters. The van der Waals surface area contributed by atoms with Gasteiger partial charge in [-0.2, -0.15) is 0 Å². The monoisotopic (exact) mass is 398 g/mol. The topological polar surface area (TPSA) is 87.3 Å². The molecule has 2 amide bonds. The first kappa shape index (κ1) is 20.9. The van der Waals surface area contributed by atoms with Gasteiger partial charge in [-0.25, -0.2) is 9.78 Å². The number of imidazole rings is 1. The van der Waals surface area contributed by atoms with Crippen molar-refractivity contribution in [3.8, 4) is 0 Å². The molecule has 7 heteroatoms. The standard InChI is InChI=1S/C22H30N4O3/c1-6-9-16-13-23-19(25-16)18-12-15-10-7-8-11-17(15)26(18)20(27)14(2)24-21(28)29-22(3,4)5/h7-8,10-11,13-14,18H,6,9,12H2,1-5H3,(H,23,25)(H,24,28)/t14-,18-/m0/s1. The van der Waals surface area contributed by atoms with Gasteiger partial charge in [0, 0.05) is 24.0 Å². The van der Waals surface area contributed by atoms with Crippen molar-refractivity contribution < 1.29 is 14.3 Å². The van der Waals surface area contributed by atoms with Crippen molar-refractivity contribution in [2.45, 2.75) is 71.6 Å². The number of aromatic amines is 1. The highest BCUT2D eigenvalue weighted by molar-refractivity contribution is 6.00. The first-order valence-corrected chi connectivity index (χ1v) is 10.1. The van der Waals surface area contributed by atoms with Crippen LogP contribution in [0.5, 0.6) is 0 Å². The fraction of sp³-hybridized carbons (Fsp3) is 0.500. The average molecular weight is 399 g/mol. The van der Waals surface area contributed by atoms with E-state index in [0.717, 1.165) is 35.6 Å². The number of fused-ring (bicyclic) bond motifs is 1. The Morgan fingerprint density at radius 3 is 2.76 bits per heavy atom. The smallest absolute Gasteiger partial charge is 0.408 e. The Labute approximate surface area is 171 Å². The Morgan fingerprint density at radius 2 is 2.07 bits per heavy atom. The van der Waals surface area contributed by atoms with Gasteiger partial charge in [-0.1, -0.05) is 31.5 Å². The molecule has 0 radical (unpaired) electrons. The number of nitrogens with one attached hydrogen (secondary N) is 2. The van der Waals surface area contributed by atoms with Crippen molar-refractivity contribution in [3.63, 3.8) is 0 Å². The second kappa shape index (κ2) is 8.27. The molecular weight excluding hydrogens is 368 g/mol. The van der Waals surface area contributed by atoms with E-state index >= 15 is 0 Å². The lowest BCUT2D eigenvalue weighted by Crippen LogP contribution is -2.48. The van der Waals surface area contributed by atoms with Crippen LogP contribution in [0.1, 0.15) is 64.2 Å². The van der Waals surface area contributed by atoms with Crippen LogP contribution in [0.25, 0.3) is 0 Å². The summed E-state index contributed by atoms with van der Waals surface area (Å²) in [6.45, 7) is 9.16. The summed E-state index contributed by atoms with van der Waals surface area (Å²) in [5.74, 6) is 0.571. The molecule has 2 heterocycles. The van der Waals surface area contributed by atoms with Gasteiger partial charge in [0.05, 0.1) is 6.04 Å². The molecule has 0 fully saturated rings. The van der Waals surface area contributed by atoms with Gasteiger partial charge in [0.2, 0.25) is 5.91 Å². The van der Waals surface area contributed by atoms with Gasteiger partial charge in [-0.05, 0) is 45.7 Å². The van der Waals surface area contributed by atoms with Crippen LogP contribution in [-0.2, 0) is 22.4 Å². The molecule has 29 heavy (non-hydrogen) atoms. The molecular formula is C22H30N4O3. The van der Waals surface area contributed by atoms with Crippen molar-refractivity contribution >= 4 is 17.7 Å². The molecule has 3 rings (SSSR count). The summed E-state index contributed by atoms with van der Waals surface area (Å²) in [5, 5.41) is 2.66. The number of aryl methyl sites for hydroxylation is 1. The quantitative estimate of drug-likeness (QED) is 0.799. The molecule has 2 aromatic rings. The zero-order valence-electron chi connectivity index (χ0n) is 17.8. The maximum absolute atomic E-state index is 13.3. The van der Waals surface area contributed by atoms with Crippen LogP contribution in [0.4, 0.5) is 10.5 Å². The molecule has 1 aromatic carbocycles. The van der Waals surface area contributed by atoms with Gasteiger partial charge in [0.1, 0.15) is 17.5 Å². The van der Waals surface area contributed by atoms with Crippen LogP contribution in [0.3, 0.4) is 0 Å². The van der Waals surface area contributed by atoms with Gasteiger partial charge in [0.15, 0.2) is 0 Å². The number of hydrogen-bond acceptors (Lipinski definition) is 4. The predicted molar refractivity (Wildman–Crippen MR) is 112 cm³/mol. The second-order valence-electron chi connectivity index (χ2n) is 8.47. The van der Waals surface area contributed by atoms with Crippen molar-refractivity contribution in [3.05, 3.63) is 47.5 Å². The Morgan fingerprint density at radius 1 is 1.34 bits per heavy atom. The van der Waals surface area contributed by atoms with Crippen LogP contribution in [0, 0.1) is 0 Å². The third-order valence-electron chi connectivity index (χ3n) is 4.80. The normalized spacial score (nSPS) is 17.0. The molecule has 2 atom stereocenters. The summed E-state index contributed by atoms with van der Waals surface area (Å²) < 4.78 is 5.29. The van der Waals surface area contributed by atoms with Crippen molar-refractivity contribution in [1.82, 2.24) is 15.3 Å². The van der Waals surface area contributed by atoms with Crippen LogP contribution in [-0.4, -0.2) is 33.6 Å². The van der Waals surface area contributed by atoms with Crippen LogP contribution in [0.15, 0.2) is 30.5 Å². The van der Waals surface area contributed by atoms with E-state index in [9.17, 15) is 9.59 Å². The zero-order chi connectivity index (χ0) is 21.2. The highest BCUT2D eigenvalue weighted by Crippen LogP contribution is 2.39. The van der Waals surface area contributed by atoms with Gasteiger partial charge in [0.25, 0.3) is 0 Å². The average Bonchev–Trinajstić information content (AvgIpc) is 3.23. The van der Waals surface area contributed by atoms with Gasteiger partial charge < -0.3 is 15.0 Å². The van der Waals surface area contributed by atoms with Crippen molar-refractivity contribution in [2.75, 3.05) is 4.90 Å². The molecule has 1 aliphatic heterocycles. The zero-order valence-corrected chi connectivity index (χ0v) is 17.8. The maximum Gasteiger partial charge on any atom is 0.408 e. The largest absolute Gasteiger partial charge is 0.444 e. The van der Waals surface area contributed by atoms with E-state index in [1.807, 2.05) is 30.5 Å². The fourth-order valence-electron chi connectivity index (χ4n) is 3.57. The van der Waals surface area contributed by atoms with E-state index in [2.05, 4.69) is 22.2 Å². The minimum atomic E-state index is -0.733. The van der Waals surface area contributed by atoms with E-state index in [0.29, 0.717) is 6.42 Å². The molecule has 7 nitrogen and oxygen atoms in total. The van der Waals surface area contributed by atoms with E-state index in [1.54, 1.807) is 32.6 Å².